The van der Waals surface area contributed by atoms with Gasteiger partial charge in [-0.3, -0.25) is 9.59 Å². The highest BCUT2D eigenvalue weighted by molar-refractivity contribution is 6.05. The summed E-state index contributed by atoms with van der Waals surface area (Å²) in [4.78, 5) is 31.3. The topological polar surface area (TPSA) is 88.3 Å². The van der Waals surface area contributed by atoms with Crippen molar-refractivity contribution in [1.82, 2.24) is 20.4 Å². The largest absolute Gasteiger partial charge is 0.345 e. The van der Waals surface area contributed by atoms with Gasteiger partial charge in [-0.25, -0.2) is 0 Å². The summed E-state index contributed by atoms with van der Waals surface area (Å²) in [6.45, 7) is 2.10. The first-order chi connectivity index (χ1) is 11.7. The lowest BCUT2D eigenvalue weighted by Gasteiger charge is -2.24. The first-order valence-electron chi connectivity index (χ1n) is 8.19. The van der Waals surface area contributed by atoms with Crippen LogP contribution in [-0.2, 0) is 17.8 Å². The first kappa shape index (κ1) is 14.9. The molecule has 4 rings (SSSR count). The number of carbonyl (C=O) groups excluding carboxylic acids is 2. The Hall–Kier alpha value is -2.70. The van der Waals surface area contributed by atoms with Crippen molar-refractivity contribution in [3.8, 4) is 0 Å². The lowest BCUT2D eigenvalue weighted by molar-refractivity contribution is -0.126. The third-order valence-corrected chi connectivity index (χ3v) is 4.43. The number of benzene rings is 1. The fourth-order valence-corrected chi connectivity index (χ4v) is 3.10. The number of rotatable bonds is 5. The normalized spacial score (nSPS) is 19.5. The van der Waals surface area contributed by atoms with Gasteiger partial charge in [0.15, 0.2) is 5.82 Å². The zero-order chi connectivity index (χ0) is 16.7. The molecule has 124 valence electrons. The molecule has 1 aromatic carbocycles. The van der Waals surface area contributed by atoms with E-state index in [-0.39, 0.29) is 24.4 Å². The number of fused-ring (bicyclic) bond motifs is 1. The van der Waals surface area contributed by atoms with E-state index in [1.54, 1.807) is 11.0 Å². The van der Waals surface area contributed by atoms with Crippen LogP contribution >= 0.6 is 0 Å². The molecule has 7 nitrogen and oxygen atoms in total. The van der Waals surface area contributed by atoms with Crippen molar-refractivity contribution < 1.29 is 14.1 Å². The number of hydrogen-bond donors (Lipinski definition) is 1. The van der Waals surface area contributed by atoms with Crippen molar-refractivity contribution in [3.63, 3.8) is 0 Å². The second-order valence-electron chi connectivity index (χ2n) is 6.11. The van der Waals surface area contributed by atoms with E-state index in [2.05, 4.69) is 15.5 Å². The summed E-state index contributed by atoms with van der Waals surface area (Å²) in [5.41, 5.74) is 1.39. The molecule has 24 heavy (non-hydrogen) atoms. The molecule has 2 amide bonds. The van der Waals surface area contributed by atoms with Gasteiger partial charge in [-0.2, -0.15) is 4.98 Å². The summed E-state index contributed by atoms with van der Waals surface area (Å²) < 4.78 is 5.09. The number of nitrogens with zero attached hydrogens (tertiary/aromatic N) is 3. The molecule has 1 N–H and O–H groups in total. The lowest BCUT2D eigenvalue weighted by Crippen LogP contribution is -2.40. The average Bonchev–Trinajstić information content (AvgIpc) is 3.26. The molecule has 0 saturated heterocycles. The molecule has 2 heterocycles. The zero-order valence-corrected chi connectivity index (χ0v) is 13.4. The molecule has 1 aliphatic carbocycles. The van der Waals surface area contributed by atoms with E-state index < -0.39 is 6.04 Å². The molecule has 2 aliphatic rings. The molecular formula is C17H18N4O3. The van der Waals surface area contributed by atoms with Gasteiger partial charge >= 0.3 is 0 Å². The Morgan fingerprint density at radius 1 is 1.38 bits per heavy atom. The van der Waals surface area contributed by atoms with Crippen molar-refractivity contribution in [2.45, 2.75) is 44.8 Å². The molecule has 7 heteroatoms. The van der Waals surface area contributed by atoms with Crippen LogP contribution in [-0.4, -0.2) is 32.9 Å². The number of aryl methyl sites for hydroxylation is 1. The van der Waals surface area contributed by atoms with Gasteiger partial charge in [-0.1, -0.05) is 30.3 Å². The van der Waals surface area contributed by atoms with Gasteiger partial charge in [0, 0.05) is 18.0 Å². The van der Waals surface area contributed by atoms with Gasteiger partial charge < -0.3 is 14.7 Å². The van der Waals surface area contributed by atoms with E-state index in [0.717, 1.165) is 18.4 Å². The molecular weight excluding hydrogens is 308 g/mol. The van der Waals surface area contributed by atoms with Crippen LogP contribution in [0.2, 0.25) is 0 Å². The molecule has 0 spiro atoms. The summed E-state index contributed by atoms with van der Waals surface area (Å²) in [6.07, 6.45) is 2.58. The molecule has 1 saturated carbocycles. The Kier molecular flexibility index (Phi) is 3.55. The summed E-state index contributed by atoms with van der Waals surface area (Å²) in [5, 5.41) is 6.63. The maximum atomic E-state index is 12.8. The summed E-state index contributed by atoms with van der Waals surface area (Å²) >= 11 is 0. The molecule has 1 fully saturated rings. The molecule has 0 bridgehead atoms. The summed E-state index contributed by atoms with van der Waals surface area (Å²) in [5.74, 6) is 0.715. The van der Waals surface area contributed by atoms with Crippen LogP contribution < -0.4 is 5.32 Å². The molecule has 1 aromatic heterocycles. The summed E-state index contributed by atoms with van der Waals surface area (Å²) in [6, 6.07) is 6.90. The third-order valence-electron chi connectivity index (χ3n) is 4.43. The van der Waals surface area contributed by atoms with Crippen molar-refractivity contribution in [3.05, 3.63) is 47.1 Å². The quantitative estimate of drug-likeness (QED) is 0.902. The number of nitrogens with one attached hydrogen (secondary N) is 1. The number of carbonyl (C=O) groups is 2. The zero-order valence-electron chi connectivity index (χ0n) is 13.4. The van der Waals surface area contributed by atoms with Gasteiger partial charge in [0.2, 0.25) is 11.8 Å². The van der Waals surface area contributed by atoms with Crippen LogP contribution in [0, 0.1) is 0 Å². The standard InChI is InChI=1S/C17H18N4O3/c1-2-13-19-14(24-20-13)9-18-16(22)15-11-5-3-4-6-12(11)17(23)21(15)10-7-8-10/h3-6,10,15H,2,7-9H2,1H3,(H,18,22). The van der Waals surface area contributed by atoms with E-state index in [1.165, 1.54) is 0 Å². The average molecular weight is 326 g/mol. The number of aromatic nitrogens is 2. The van der Waals surface area contributed by atoms with Crippen molar-refractivity contribution in [1.29, 1.82) is 0 Å². The Morgan fingerprint density at radius 3 is 2.88 bits per heavy atom. The third kappa shape index (κ3) is 2.46. The van der Waals surface area contributed by atoms with E-state index in [4.69, 9.17) is 4.52 Å². The number of amides is 2. The Bertz CT molecular complexity index is 797. The molecule has 2 aromatic rings. The van der Waals surface area contributed by atoms with Crippen LogP contribution in [0.25, 0.3) is 0 Å². The minimum atomic E-state index is -0.574. The van der Waals surface area contributed by atoms with E-state index >= 15 is 0 Å². The van der Waals surface area contributed by atoms with Crippen LogP contribution in [0.3, 0.4) is 0 Å². The molecule has 0 radical (unpaired) electrons. The molecule has 1 aliphatic heterocycles. The van der Waals surface area contributed by atoms with Crippen LogP contribution in [0.5, 0.6) is 0 Å². The fourth-order valence-electron chi connectivity index (χ4n) is 3.10. The highest BCUT2D eigenvalue weighted by Crippen LogP contribution is 2.41. The van der Waals surface area contributed by atoms with Gasteiger partial charge in [-0.15, -0.1) is 0 Å². The lowest BCUT2D eigenvalue weighted by atomic mass is 10.0. The second-order valence-corrected chi connectivity index (χ2v) is 6.11. The maximum Gasteiger partial charge on any atom is 0.255 e. The van der Waals surface area contributed by atoms with Crippen molar-refractivity contribution in [2.24, 2.45) is 0 Å². The minimum Gasteiger partial charge on any atom is -0.345 e. The van der Waals surface area contributed by atoms with Gasteiger partial charge in [0.05, 0.1) is 6.54 Å². The predicted octanol–water partition coefficient (Wildman–Crippen LogP) is 1.61. The highest BCUT2D eigenvalue weighted by Gasteiger charge is 2.47. The molecule has 1 atom stereocenters. The van der Waals surface area contributed by atoms with E-state index in [9.17, 15) is 9.59 Å². The Morgan fingerprint density at radius 2 is 2.17 bits per heavy atom. The van der Waals surface area contributed by atoms with E-state index in [0.29, 0.717) is 23.7 Å². The van der Waals surface area contributed by atoms with Crippen LogP contribution in [0.1, 0.15) is 53.4 Å². The monoisotopic (exact) mass is 326 g/mol. The second kappa shape index (κ2) is 5.74. The van der Waals surface area contributed by atoms with Crippen molar-refractivity contribution >= 4 is 11.8 Å². The fraction of sp³-hybridized carbons (Fsp3) is 0.412. The minimum absolute atomic E-state index is 0.0562. The maximum absolute atomic E-state index is 12.8. The van der Waals surface area contributed by atoms with Crippen LogP contribution in [0.4, 0.5) is 0 Å². The Balaban J connectivity index is 1.54. The smallest absolute Gasteiger partial charge is 0.255 e. The number of hydrogen-bond acceptors (Lipinski definition) is 5. The molecule has 1 unspecified atom stereocenters. The SMILES string of the molecule is CCc1noc(CNC(=O)C2c3ccccc3C(=O)N2C2CC2)n1. The van der Waals surface area contributed by atoms with Crippen molar-refractivity contribution in [2.75, 3.05) is 0 Å². The predicted molar refractivity (Wildman–Crippen MR) is 83.9 cm³/mol. The van der Waals surface area contributed by atoms with Gasteiger partial charge in [0.1, 0.15) is 6.04 Å². The summed E-state index contributed by atoms with van der Waals surface area (Å²) in [7, 11) is 0. The van der Waals surface area contributed by atoms with Gasteiger partial charge in [-0.05, 0) is 24.5 Å². The first-order valence-corrected chi connectivity index (χ1v) is 8.19. The van der Waals surface area contributed by atoms with E-state index in [1.807, 2.05) is 25.1 Å². The van der Waals surface area contributed by atoms with Crippen LogP contribution in [0.15, 0.2) is 28.8 Å². The Labute approximate surface area is 139 Å². The van der Waals surface area contributed by atoms with Gasteiger partial charge in [0.25, 0.3) is 5.91 Å². The highest BCUT2D eigenvalue weighted by atomic mass is 16.5.